The maximum atomic E-state index is 12.6. The zero-order chi connectivity index (χ0) is 15.6. The molecule has 8 heteroatoms. The van der Waals surface area contributed by atoms with Crippen LogP contribution in [-0.4, -0.2) is 23.1 Å². The number of hydrogen-bond donors (Lipinski definition) is 2. The Morgan fingerprint density at radius 1 is 1.43 bits per heavy atom. The molecule has 0 radical (unpaired) electrons. The van der Waals surface area contributed by atoms with Gasteiger partial charge in [0.15, 0.2) is 0 Å². The molecule has 1 atom stereocenters. The number of nitrogens with zero attached hydrogens (tertiary/aromatic N) is 1. The SMILES string of the molecule is CC(N)c1nc(C(=O)NC2CCC(C(F)(F)F)CC2)cs1. The fourth-order valence-electron chi connectivity index (χ4n) is 2.43. The number of hydrogen-bond acceptors (Lipinski definition) is 4. The molecule has 1 fully saturated rings. The number of halogens is 3. The van der Waals surface area contributed by atoms with Gasteiger partial charge in [0.25, 0.3) is 5.91 Å². The Balaban J connectivity index is 1.87. The first-order valence-electron chi connectivity index (χ1n) is 6.86. The fourth-order valence-corrected chi connectivity index (χ4v) is 3.18. The highest BCUT2D eigenvalue weighted by molar-refractivity contribution is 7.09. The van der Waals surface area contributed by atoms with Crippen molar-refractivity contribution < 1.29 is 18.0 Å². The standard InChI is InChI=1S/C13H18F3N3OS/c1-7(17)12-19-10(6-21-12)11(20)18-9-4-2-8(3-5-9)13(14,15)16/h6-9H,2-5,17H2,1H3,(H,18,20). The molecule has 1 aromatic heterocycles. The molecule has 0 spiro atoms. The zero-order valence-electron chi connectivity index (χ0n) is 11.6. The molecule has 1 heterocycles. The van der Waals surface area contributed by atoms with Gasteiger partial charge in [-0.15, -0.1) is 11.3 Å². The van der Waals surface area contributed by atoms with Gasteiger partial charge in [-0.3, -0.25) is 4.79 Å². The number of nitrogens with two attached hydrogens (primary N) is 1. The minimum Gasteiger partial charge on any atom is -0.348 e. The molecule has 1 unspecified atom stereocenters. The maximum Gasteiger partial charge on any atom is 0.391 e. The van der Waals surface area contributed by atoms with Crippen LogP contribution < -0.4 is 11.1 Å². The van der Waals surface area contributed by atoms with Crippen LogP contribution in [-0.2, 0) is 0 Å². The Labute approximate surface area is 124 Å². The second-order valence-electron chi connectivity index (χ2n) is 5.42. The summed E-state index contributed by atoms with van der Waals surface area (Å²) in [6.07, 6.45) is -3.30. The zero-order valence-corrected chi connectivity index (χ0v) is 12.4. The van der Waals surface area contributed by atoms with Crippen LogP contribution in [0.25, 0.3) is 0 Å². The third-order valence-corrected chi connectivity index (χ3v) is 4.72. The van der Waals surface area contributed by atoms with E-state index in [2.05, 4.69) is 10.3 Å². The second kappa shape index (κ2) is 6.31. The minimum atomic E-state index is -4.13. The summed E-state index contributed by atoms with van der Waals surface area (Å²) in [4.78, 5) is 16.1. The molecule has 1 aromatic rings. The molecule has 118 valence electrons. The summed E-state index contributed by atoms with van der Waals surface area (Å²) in [5.41, 5.74) is 5.96. The second-order valence-corrected chi connectivity index (χ2v) is 6.31. The van der Waals surface area contributed by atoms with Crippen LogP contribution in [0.5, 0.6) is 0 Å². The number of carbonyl (C=O) groups is 1. The van der Waals surface area contributed by atoms with Gasteiger partial charge in [0.2, 0.25) is 0 Å². The Hall–Kier alpha value is -1.15. The van der Waals surface area contributed by atoms with E-state index >= 15 is 0 Å². The summed E-state index contributed by atoms with van der Waals surface area (Å²) >= 11 is 1.31. The van der Waals surface area contributed by atoms with Gasteiger partial charge in [0.1, 0.15) is 10.7 Å². The normalized spacial score (nSPS) is 24.6. The maximum absolute atomic E-state index is 12.6. The van der Waals surface area contributed by atoms with Crippen LogP contribution in [0.1, 0.15) is 54.1 Å². The highest BCUT2D eigenvalue weighted by Crippen LogP contribution is 2.37. The van der Waals surface area contributed by atoms with E-state index in [0.717, 1.165) is 0 Å². The van der Waals surface area contributed by atoms with Crippen molar-refractivity contribution in [1.29, 1.82) is 0 Å². The first kappa shape index (κ1) is 16.2. The van der Waals surface area contributed by atoms with Crippen molar-refractivity contribution in [1.82, 2.24) is 10.3 Å². The summed E-state index contributed by atoms with van der Waals surface area (Å²) in [5, 5.41) is 5.04. The number of thiazole rings is 1. The monoisotopic (exact) mass is 321 g/mol. The van der Waals surface area contributed by atoms with Gasteiger partial charge in [-0.2, -0.15) is 13.2 Å². The number of carbonyl (C=O) groups excluding carboxylic acids is 1. The van der Waals surface area contributed by atoms with E-state index in [4.69, 9.17) is 5.73 Å². The summed E-state index contributed by atoms with van der Waals surface area (Å²) in [6, 6.07) is -0.449. The predicted molar refractivity (Wildman–Crippen MR) is 74.0 cm³/mol. The first-order chi connectivity index (χ1) is 9.77. The van der Waals surface area contributed by atoms with Crippen LogP contribution >= 0.6 is 11.3 Å². The Kier molecular flexibility index (Phi) is 4.88. The molecule has 0 bridgehead atoms. The smallest absolute Gasteiger partial charge is 0.348 e. The third-order valence-electron chi connectivity index (χ3n) is 3.67. The summed E-state index contributed by atoms with van der Waals surface area (Å²) < 4.78 is 37.7. The van der Waals surface area contributed by atoms with E-state index in [0.29, 0.717) is 17.8 Å². The number of aromatic nitrogens is 1. The molecule has 1 amide bonds. The van der Waals surface area contributed by atoms with Crippen LogP contribution in [0.3, 0.4) is 0 Å². The Morgan fingerprint density at radius 3 is 2.52 bits per heavy atom. The third kappa shape index (κ3) is 4.16. The van der Waals surface area contributed by atoms with Gasteiger partial charge in [0, 0.05) is 11.4 Å². The van der Waals surface area contributed by atoms with Crippen molar-refractivity contribution in [3.8, 4) is 0 Å². The summed E-state index contributed by atoms with van der Waals surface area (Å²) in [6.45, 7) is 1.78. The van der Waals surface area contributed by atoms with Crippen molar-refractivity contribution in [2.75, 3.05) is 0 Å². The van der Waals surface area contributed by atoms with Gasteiger partial charge in [0.05, 0.1) is 12.0 Å². The van der Waals surface area contributed by atoms with Crippen LogP contribution in [0.15, 0.2) is 5.38 Å². The molecule has 1 aliphatic rings. The number of nitrogens with one attached hydrogen (secondary N) is 1. The molecule has 3 N–H and O–H groups in total. The van der Waals surface area contributed by atoms with Crippen LogP contribution in [0, 0.1) is 5.92 Å². The van der Waals surface area contributed by atoms with Crippen molar-refractivity contribution in [2.24, 2.45) is 11.7 Å². The van der Waals surface area contributed by atoms with E-state index in [1.54, 1.807) is 12.3 Å². The number of amides is 1. The van der Waals surface area contributed by atoms with Gasteiger partial charge < -0.3 is 11.1 Å². The van der Waals surface area contributed by atoms with E-state index in [-0.39, 0.29) is 36.5 Å². The highest BCUT2D eigenvalue weighted by Gasteiger charge is 2.41. The van der Waals surface area contributed by atoms with Gasteiger partial charge in [-0.1, -0.05) is 0 Å². The van der Waals surface area contributed by atoms with Crippen molar-refractivity contribution in [3.63, 3.8) is 0 Å². The molecular weight excluding hydrogens is 303 g/mol. The van der Waals surface area contributed by atoms with Crippen molar-refractivity contribution in [3.05, 3.63) is 16.1 Å². The molecule has 4 nitrogen and oxygen atoms in total. The molecule has 0 aromatic carbocycles. The molecule has 1 aliphatic carbocycles. The van der Waals surface area contributed by atoms with E-state index < -0.39 is 12.1 Å². The predicted octanol–water partition coefficient (Wildman–Crippen LogP) is 3.01. The summed E-state index contributed by atoms with van der Waals surface area (Å²) in [7, 11) is 0. The average molecular weight is 321 g/mol. The molecule has 0 saturated heterocycles. The topological polar surface area (TPSA) is 68.0 Å². The van der Waals surface area contributed by atoms with Crippen LogP contribution in [0.2, 0.25) is 0 Å². The lowest BCUT2D eigenvalue weighted by molar-refractivity contribution is -0.182. The quantitative estimate of drug-likeness (QED) is 0.899. The molecule has 2 rings (SSSR count). The number of alkyl halides is 3. The van der Waals surface area contributed by atoms with Gasteiger partial charge in [-0.05, 0) is 32.6 Å². The van der Waals surface area contributed by atoms with E-state index in [1.165, 1.54) is 11.3 Å². The van der Waals surface area contributed by atoms with Crippen molar-refractivity contribution >= 4 is 17.2 Å². The van der Waals surface area contributed by atoms with E-state index in [1.807, 2.05) is 0 Å². The first-order valence-corrected chi connectivity index (χ1v) is 7.74. The molecule has 0 aliphatic heterocycles. The lowest BCUT2D eigenvalue weighted by atomic mass is 9.85. The number of rotatable bonds is 3. The molecule has 21 heavy (non-hydrogen) atoms. The molecule has 1 saturated carbocycles. The Morgan fingerprint density at radius 2 is 2.05 bits per heavy atom. The molecular formula is C13H18F3N3OS. The average Bonchev–Trinajstić information content (AvgIpc) is 2.88. The summed E-state index contributed by atoms with van der Waals surface area (Å²) in [5.74, 6) is -1.58. The van der Waals surface area contributed by atoms with Crippen molar-refractivity contribution in [2.45, 2.75) is 50.9 Å². The van der Waals surface area contributed by atoms with E-state index in [9.17, 15) is 18.0 Å². The van der Waals surface area contributed by atoms with Gasteiger partial charge in [-0.25, -0.2) is 4.98 Å². The lowest BCUT2D eigenvalue weighted by Crippen LogP contribution is -2.40. The lowest BCUT2D eigenvalue weighted by Gasteiger charge is -2.30. The Bertz CT molecular complexity index is 493. The largest absolute Gasteiger partial charge is 0.391 e. The fraction of sp³-hybridized carbons (Fsp3) is 0.692. The minimum absolute atomic E-state index is 0.0661. The highest BCUT2D eigenvalue weighted by atomic mass is 32.1. The van der Waals surface area contributed by atoms with Crippen LogP contribution in [0.4, 0.5) is 13.2 Å². The van der Waals surface area contributed by atoms with Gasteiger partial charge >= 0.3 is 6.18 Å².